The van der Waals surface area contributed by atoms with Crippen molar-refractivity contribution < 1.29 is 0 Å². The van der Waals surface area contributed by atoms with E-state index in [1.165, 1.54) is 6.33 Å². The summed E-state index contributed by atoms with van der Waals surface area (Å²) in [5, 5.41) is 7.84. The SMILES string of the molecule is Cn1cnnc1Cn1c(=O)[nH]c(Cl)c(C2CCCC2)c1=O. The van der Waals surface area contributed by atoms with Gasteiger partial charge in [0, 0.05) is 7.05 Å². The molecule has 1 saturated carbocycles. The summed E-state index contributed by atoms with van der Waals surface area (Å²) in [6, 6.07) is 0. The van der Waals surface area contributed by atoms with E-state index >= 15 is 0 Å². The largest absolute Gasteiger partial charge is 0.329 e. The van der Waals surface area contributed by atoms with Gasteiger partial charge in [-0.05, 0) is 18.8 Å². The van der Waals surface area contributed by atoms with Gasteiger partial charge in [-0.15, -0.1) is 10.2 Å². The van der Waals surface area contributed by atoms with Crippen LogP contribution in [0.15, 0.2) is 15.9 Å². The van der Waals surface area contributed by atoms with Crippen LogP contribution in [0.2, 0.25) is 5.15 Å². The molecule has 0 aliphatic heterocycles. The first-order valence-corrected chi connectivity index (χ1v) is 7.31. The Morgan fingerprint density at radius 3 is 2.71 bits per heavy atom. The monoisotopic (exact) mass is 309 g/mol. The van der Waals surface area contributed by atoms with Gasteiger partial charge in [0.05, 0.1) is 12.1 Å². The van der Waals surface area contributed by atoms with Gasteiger partial charge in [0.2, 0.25) is 0 Å². The van der Waals surface area contributed by atoms with E-state index in [9.17, 15) is 9.59 Å². The van der Waals surface area contributed by atoms with Crippen LogP contribution in [-0.2, 0) is 13.6 Å². The molecule has 8 heteroatoms. The number of nitrogens with zero attached hydrogens (tertiary/aromatic N) is 4. The molecule has 0 radical (unpaired) electrons. The number of hydrogen-bond donors (Lipinski definition) is 1. The second-order valence-corrected chi connectivity index (χ2v) is 5.77. The number of halogens is 1. The minimum atomic E-state index is -0.519. The zero-order valence-corrected chi connectivity index (χ0v) is 12.4. The number of H-pyrrole nitrogens is 1. The number of hydrogen-bond acceptors (Lipinski definition) is 4. The molecule has 3 rings (SSSR count). The van der Waals surface area contributed by atoms with Crippen molar-refractivity contribution >= 4 is 11.6 Å². The van der Waals surface area contributed by atoms with Crippen LogP contribution in [0.25, 0.3) is 0 Å². The van der Waals surface area contributed by atoms with Crippen molar-refractivity contribution in [3.8, 4) is 0 Å². The lowest BCUT2D eigenvalue weighted by molar-refractivity contribution is 0.611. The highest BCUT2D eigenvalue weighted by molar-refractivity contribution is 6.30. The fraction of sp³-hybridized carbons (Fsp3) is 0.538. The molecular weight excluding hydrogens is 294 g/mol. The third kappa shape index (κ3) is 2.53. The van der Waals surface area contributed by atoms with Gasteiger partial charge < -0.3 is 4.57 Å². The molecule has 2 aromatic heterocycles. The van der Waals surface area contributed by atoms with E-state index in [4.69, 9.17) is 11.6 Å². The van der Waals surface area contributed by atoms with Crippen molar-refractivity contribution in [2.45, 2.75) is 38.1 Å². The van der Waals surface area contributed by atoms with Crippen LogP contribution < -0.4 is 11.2 Å². The summed E-state index contributed by atoms with van der Waals surface area (Å²) in [5.74, 6) is 0.676. The molecule has 1 fully saturated rings. The molecule has 0 atom stereocenters. The van der Waals surface area contributed by atoms with E-state index in [2.05, 4.69) is 15.2 Å². The fourth-order valence-electron chi connectivity index (χ4n) is 2.86. The lowest BCUT2D eigenvalue weighted by Crippen LogP contribution is -2.38. The molecule has 1 N–H and O–H groups in total. The third-order valence-corrected chi connectivity index (χ3v) is 4.34. The highest BCUT2D eigenvalue weighted by Crippen LogP contribution is 2.34. The standard InChI is InChI=1S/C13H16ClN5O2/c1-18-7-15-17-9(18)6-19-12(20)10(8-4-2-3-5-8)11(14)16-13(19)21/h7-8H,2-6H2,1H3,(H,16,21). The predicted octanol–water partition coefficient (Wildman–Crippen LogP) is 1.02. The van der Waals surface area contributed by atoms with E-state index in [-0.39, 0.29) is 23.2 Å². The minimum Gasteiger partial charge on any atom is -0.319 e. The van der Waals surface area contributed by atoms with E-state index < -0.39 is 5.69 Å². The molecule has 21 heavy (non-hydrogen) atoms. The lowest BCUT2D eigenvalue weighted by atomic mass is 10.0. The van der Waals surface area contributed by atoms with Crippen LogP contribution in [0.5, 0.6) is 0 Å². The molecule has 2 heterocycles. The summed E-state index contributed by atoms with van der Waals surface area (Å²) >= 11 is 6.10. The molecule has 0 amide bonds. The Morgan fingerprint density at radius 2 is 2.10 bits per heavy atom. The Bertz CT molecular complexity index is 770. The van der Waals surface area contributed by atoms with Crippen molar-refractivity contribution in [1.82, 2.24) is 24.3 Å². The van der Waals surface area contributed by atoms with Gasteiger partial charge in [-0.3, -0.25) is 14.3 Å². The molecule has 7 nitrogen and oxygen atoms in total. The van der Waals surface area contributed by atoms with E-state index in [0.29, 0.717) is 11.4 Å². The van der Waals surface area contributed by atoms with Crippen molar-refractivity contribution in [2.24, 2.45) is 7.05 Å². The lowest BCUT2D eigenvalue weighted by Gasteiger charge is -2.13. The Labute approximate surface area is 125 Å². The zero-order chi connectivity index (χ0) is 15.0. The summed E-state index contributed by atoms with van der Waals surface area (Å²) in [7, 11) is 1.77. The Kier molecular flexibility index (Phi) is 3.67. The first kappa shape index (κ1) is 14.1. The molecular formula is C13H16ClN5O2. The maximum absolute atomic E-state index is 12.6. The summed E-state index contributed by atoms with van der Waals surface area (Å²) in [4.78, 5) is 27.2. The van der Waals surface area contributed by atoms with Crippen LogP contribution in [-0.4, -0.2) is 24.3 Å². The van der Waals surface area contributed by atoms with Crippen LogP contribution >= 0.6 is 11.6 Å². The molecule has 1 aliphatic rings. The molecule has 1 aliphatic carbocycles. The maximum atomic E-state index is 12.6. The van der Waals surface area contributed by atoms with Crippen molar-refractivity contribution in [3.05, 3.63) is 43.7 Å². The van der Waals surface area contributed by atoms with E-state index in [1.807, 2.05) is 0 Å². The van der Waals surface area contributed by atoms with Crippen LogP contribution in [0, 0.1) is 0 Å². The van der Waals surface area contributed by atoms with Crippen LogP contribution in [0.4, 0.5) is 0 Å². The Morgan fingerprint density at radius 1 is 1.38 bits per heavy atom. The quantitative estimate of drug-likeness (QED) is 0.858. The zero-order valence-electron chi connectivity index (χ0n) is 11.7. The van der Waals surface area contributed by atoms with E-state index in [1.54, 1.807) is 11.6 Å². The fourth-order valence-corrected chi connectivity index (χ4v) is 3.18. The van der Waals surface area contributed by atoms with Crippen molar-refractivity contribution in [1.29, 1.82) is 0 Å². The number of aryl methyl sites for hydroxylation is 1. The van der Waals surface area contributed by atoms with Crippen molar-refractivity contribution in [2.75, 3.05) is 0 Å². The number of rotatable bonds is 3. The minimum absolute atomic E-state index is 0.0849. The average Bonchev–Trinajstić information content (AvgIpc) is 3.07. The highest BCUT2D eigenvalue weighted by atomic mass is 35.5. The molecule has 0 aromatic carbocycles. The second kappa shape index (κ2) is 5.48. The number of aromatic amines is 1. The highest BCUT2D eigenvalue weighted by Gasteiger charge is 2.25. The Balaban J connectivity index is 2.08. The molecule has 0 spiro atoms. The topological polar surface area (TPSA) is 85.6 Å². The first-order valence-electron chi connectivity index (χ1n) is 6.93. The van der Waals surface area contributed by atoms with Gasteiger partial charge in [-0.2, -0.15) is 0 Å². The number of nitrogens with one attached hydrogen (secondary N) is 1. The summed E-state index contributed by atoms with van der Waals surface area (Å²) < 4.78 is 2.82. The molecule has 0 unspecified atom stereocenters. The smallest absolute Gasteiger partial charge is 0.319 e. The second-order valence-electron chi connectivity index (χ2n) is 5.39. The summed E-state index contributed by atoms with van der Waals surface area (Å²) in [6.07, 6.45) is 5.57. The Hall–Kier alpha value is -1.89. The molecule has 0 bridgehead atoms. The van der Waals surface area contributed by atoms with Crippen LogP contribution in [0.1, 0.15) is 43.0 Å². The maximum Gasteiger partial charge on any atom is 0.329 e. The van der Waals surface area contributed by atoms with Crippen LogP contribution in [0.3, 0.4) is 0 Å². The normalized spacial score (nSPS) is 15.7. The molecule has 112 valence electrons. The van der Waals surface area contributed by atoms with E-state index in [0.717, 1.165) is 30.3 Å². The summed E-state index contributed by atoms with van der Waals surface area (Å²) in [6.45, 7) is 0.0849. The first-order chi connectivity index (χ1) is 10.1. The molecule has 0 saturated heterocycles. The van der Waals surface area contributed by atoms with Gasteiger partial charge in [-0.25, -0.2) is 4.79 Å². The average molecular weight is 310 g/mol. The van der Waals surface area contributed by atoms with Crippen molar-refractivity contribution in [3.63, 3.8) is 0 Å². The molecule has 2 aromatic rings. The van der Waals surface area contributed by atoms with Gasteiger partial charge in [0.1, 0.15) is 11.5 Å². The summed E-state index contributed by atoms with van der Waals surface area (Å²) in [5.41, 5.74) is -0.315. The van der Waals surface area contributed by atoms with Gasteiger partial charge in [0.15, 0.2) is 5.82 Å². The van der Waals surface area contributed by atoms with Gasteiger partial charge in [-0.1, -0.05) is 24.4 Å². The third-order valence-electron chi connectivity index (χ3n) is 4.04. The van der Waals surface area contributed by atoms with Gasteiger partial charge >= 0.3 is 5.69 Å². The van der Waals surface area contributed by atoms with Gasteiger partial charge in [0.25, 0.3) is 5.56 Å². The predicted molar refractivity (Wildman–Crippen MR) is 77.6 cm³/mol. The number of aromatic nitrogens is 5.